The summed E-state index contributed by atoms with van der Waals surface area (Å²) in [7, 11) is 1.61. The summed E-state index contributed by atoms with van der Waals surface area (Å²) in [6.45, 7) is 1.45. The SMILES string of the molecule is C[C@H](NC(=O)CC1NC(=O)NC1=O)C(=O)N[C@H]1N=C(c2ccccc2)c2ccccc2N(C)C1=O. The Balaban J connectivity index is 1.52. The average molecular weight is 476 g/mol. The predicted octanol–water partition coefficient (Wildman–Crippen LogP) is 0.0455. The maximum absolute atomic E-state index is 13.2. The number of likely N-dealkylation sites (N-methyl/N-ethyl adjacent to an activating group) is 1. The lowest BCUT2D eigenvalue weighted by atomic mass is 10.0. The van der Waals surface area contributed by atoms with E-state index >= 15 is 0 Å². The van der Waals surface area contributed by atoms with Crippen molar-refractivity contribution in [3.05, 3.63) is 65.7 Å². The number of hydrogen-bond donors (Lipinski definition) is 4. The molecule has 2 aromatic carbocycles. The van der Waals surface area contributed by atoms with Gasteiger partial charge in [0.15, 0.2) is 0 Å². The highest BCUT2D eigenvalue weighted by Crippen LogP contribution is 2.27. The monoisotopic (exact) mass is 476 g/mol. The number of amides is 6. The van der Waals surface area contributed by atoms with Crippen LogP contribution in [-0.2, 0) is 19.2 Å². The summed E-state index contributed by atoms with van der Waals surface area (Å²) in [6, 6.07) is 13.9. The lowest BCUT2D eigenvalue weighted by Gasteiger charge is -2.22. The average Bonchev–Trinajstić information content (AvgIpc) is 3.11. The number of urea groups is 1. The standard InChI is InChI=1S/C24H24N6O5/c1-13(25-18(31)12-16-22(33)29-24(35)26-16)21(32)28-20-23(34)30(2)17-11-7-6-10-15(17)19(27-20)14-8-4-3-5-9-14/h3-11,13,16,20H,12H2,1-2H3,(H,25,31)(H,28,32)(H2,26,29,33,35)/t13-,16?,20+/m0/s1. The number of rotatable bonds is 6. The topological polar surface area (TPSA) is 149 Å². The molecule has 0 aliphatic carbocycles. The fraction of sp³-hybridized carbons (Fsp3) is 0.250. The molecule has 11 nitrogen and oxygen atoms in total. The van der Waals surface area contributed by atoms with Crippen LogP contribution in [0, 0.1) is 0 Å². The molecule has 3 atom stereocenters. The second-order valence-corrected chi connectivity index (χ2v) is 8.18. The van der Waals surface area contributed by atoms with Crippen LogP contribution >= 0.6 is 0 Å². The van der Waals surface area contributed by atoms with Gasteiger partial charge in [-0.25, -0.2) is 9.79 Å². The van der Waals surface area contributed by atoms with Gasteiger partial charge in [-0.1, -0.05) is 48.5 Å². The van der Waals surface area contributed by atoms with Crippen molar-refractivity contribution in [1.82, 2.24) is 21.3 Å². The van der Waals surface area contributed by atoms with Crippen LogP contribution in [0.2, 0.25) is 0 Å². The number of para-hydroxylation sites is 1. The van der Waals surface area contributed by atoms with Crippen molar-refractivity contribution in [2.45, 2.75) is 31.6 Å². The van der Waals surface area contributed by atoms with Crippen molar-refractivity contribution in [3.8, 4) is 0 Å². The maximum Gasteiger partial charge on any atom is 0.322 e. The Bertz CT molecular complexity index is 1230. The summed E-state index contributed by atoms with van der Waals surface area (Å²) < 4.78 is 0. The summed E-state index contributed by atoms with van der Waals surface area (Å²) in [5, 5.41) is 9.44. The summed E-state index contributed by atoms with van der Waals surface area (Å²) in [5.41, 5.74) is 2.71. The molecule has 4 N–H and O–H groups in total. The highest BCUT2D eigenvalue weighted by molar-refractivity contribution is 6.20. The van der Waals surface area contributed by atoms with Crippen molar-refractivity contribution in [1.29, 1.82) is 0 Å². The minimum Gasteiger partial charge on any atom is -0.345 e. The second-order valence-electron chi connectivity index (χ2n) is 8.18. The molecule has 35 heavy (non-hydrogen) atoms. The van der Waals surface area contributed by atoms with Crippen LogP contribution in [0.3, 0.4) is 0 Å². The van der Waals surface area contributed by atoms with E-state index in [1.807, 2.05) is 53.8 Å². The van der Waals surface area contributed by atoms with Gasteiger partial charge in [-0.05, 0) is 13.0 Å². The first-order chi connectivity index (χ1) is 16.7. The predicted molar refractivity (Wildman–Crippen MR) is 127 cm³/mol. The molecule has 1 unspecified atom stereocenters. The van der Waals surface area contributed by atoms with Crippen molar-refractivity contribution in [2.75, 3.05) is 11.9 Å². The van der Waals surface area contributed by atoms with Crippen molar-refractivity contribution >= 4 is 41.1 Å². The molecule has 0 saturated carbocycles. The Morgan fingerprint density at radius 2 is 1.74 bits per heavy atom. The third-order valence-electron chi connectivity index (χ3n) is 5.69. The molecule has 2 heterocycles. The van der Waals surface area contributed by atoms with Gasteiger partial charge in [-0.3, -0.25) is 24.5 Å². The van der Waals surface area contributed by atoms with E-state index in [1.165, 1.54) is 11.8 Å². The molecular weight excluding hydrogens is 452 g/mol. The van der Waals surface area contributed by atoms with Gasteiger partial charge in [0, 0.05) is 18.2 Å². The smallest absolute Gasteiger partial charge is 0.322 e. The molecule has 0 spiro atoms. The zero-order valence-electron chi connectivity index (χ0n) is 19.1. The van der Waals surface area contributed by atoms with Crippen molar-refractivity contribution in [2.24, 2.45) is 4.99 Å². The van der Waals surface area contributed by atoms with Crippen LogP contribution in [-0.4, -0.2) is 60.7 Å². The van der Waals surface area contributed by atoms with Gasteiger partial charge < -0.3 is 20.9 Å². The number of nitrogens with one attached hydrogen (secondary N) is 4. The first-order valence-corrected chi connectivity index (χ1v) is 11.0. The van der Waals surface area contributed by atoms with Crippen molar-refractivity contribution in [3.63, 3.8) is 0 Å². The molecule has 6 amide bonds. The number of anilines is 1. The van der Waals surface area contributed by atoms with Crippen LogP contribution in [0.15, 0.2) is 59.6 Å². The highest BCUT2D eigenvalue weighted by Gasteiger charge is 2.34. The third kappa shape index (κ3) is 5.03. The van der Waals surface area contributed by atoms with Crippen LogP contribution in [0.4, 0.5) is 10.5 Å². The van der Waals surface area contributed by atoms with E-state index in [-0.39, 0.29) is 6.42 Å². The Labute approximate surface area is 201 Å². The van der Waals surface area contributed by atoms with E-state index in [2.05, 4.69) is 20.9 Å². The minimum absolute atomic E-state index is 0.327. The molecule has 0 radical (unpaired) electrons. The number of benzodiazepines with no additional fused rings is 1. The lowest BCUT2D eigenvalue weighted by Crippen LogP contribution is -2.52. The number of imide groups is 1. The Morgan fingerprint density at radius 1 is 1.06 bits per heavy atom. The third-order valence-corrected chi connectivity index (χ3v) is 5.69. The number of hydrogen-bond acceptors (Lipinski definition) is 6. The number of carbonyl (C=O) groups is 5. The van der Waals surface area contributed by atoms with E-state index in [0.717, 1.165) is 11.1 Å². The Hall–Kier alpha value is -4.54. The van der Waals surface area contributed by atoms with Gasteiger partial charge in [0.1, 0.15) is 12.1 Å². The molecular formula is C24H24N6O5. The molecule has 1 fully saturated rings. The molecule has 4 rings (SSSR count). The number of benzene rings is 2. The largest absolute Gasteiger partial charge is 0.345 e. The second kappa shape index (κ2) is 9.75. The zero-order chi connectivity index (χ0) is 25.1. The van der Waals surface area contributed by atoms with Gasteiger partial charge in [-0.2, -0.15) is 0 Å². The first-order valence-electron chi connectivity index (χ1n) is 11.0. The van der Waals surface area contributed by atoms with E-state index in [0.29, 0.717) is 11.4 Å². The van der Waals surface area contributed by atoms with Crippen molar-refractivity contribution < 1.29 is 24.0 Å². The summed E-state index contributed by atoms with van der Waals surface area (Å²) in [5.74, 6) is -2.30. The zero-order valence-corrected chi connectivity index (χ0v) is 19.1. The van der Waals surface area contributed by atoms with Crippen LogP contribution < -0.4 is 26.2 Å². The highest BCUT2D eigenvalue weighted by atomic mass is 16.2. The number of aliphatic imine (C=N–C) groups is 1. The molecule has 0 aromatic heterocycles. The van der Waals surface area contributed by atoms with Gasteiger partial charge in [0.25, 0.3) is 11.8 Å². The number of fused-ring (bicyclic) bond motifs is 1. The Morgan fingerprint density at radius 3 is 2.43 bits per heavy atom. The molecule has 0 bridgehead atoms. The van der Waals surface area contributed by atoms with Gasteiger partial charge in [-0.15, -0.1) is 0 Å². The van der Waals surface area contributed by atoms with E-state index in [4.69, 9.17) is 0 Å². The van der Waals surface area contributed by atoms with Gasteiger partial charge in [0.2, 0.25) is 18.0 Å². The molecule has 2 aliphatic rings. The van der Waals surface area contributed by atoms with Crippen LogP contribution in [0.1, 0.15) is 24.5 Å². The summed E-state index contributed by atoms with van der Waals surface area (Å²) >= 11 is 0. The maximum atomic E-state index is 13.2. The number of carbonyl (C=O) groups excluding carboxylic acids is 5. The Kier molecular flexibility index (Phi) is 6.58. The molecule has 2 aliphatic heterocycles. The molecule has 2 aromatic rings. The quantitative estimate of drug-likeness (QED) is 0.435. The first kappa shape index (κ1) is 23.6. The van der Waals surface area contributed by atoms with Gasteiger partial charge in [0.05, 0.1) is 17.8 Å². The fourth-order valence-electron chi connectivity index (χ4n) is 3.86. The summed E-state index contributed by atoms with van der Waals surface area (Å²) in [4.78, 5) is 67.2. The van der Waals surface area contributed by atoms with E-state index in [9.17, 15) is 24.0 Å². The fourth-order valence-corrected chi connectivity index (χ4v) is 3.86. The van der Waals surface area contributed by atoms with Crippen LogP contribution in [0.25, 0.3) is 0 Å². The number of nitrogens with zero attached hydrogens (tertiary/aromatic N) is 2. The minimum atomic E-state index is -1.23. The summed E-state index contributed by atoms with van der Waals surface area (Å²) in [6.07, 6.45) is -1.55. The van der Waals surface area contributed by atoms with Crippen LogP contribution in [0.5, 0.6) is 0 Å². The lowest BCUT2D eigenvalue weighted by molar-refractivity contribution is -0.131. The van der Waals surface area contributed by atoms with E-state index < -0.39 is 47.9 Å². The normalized spacial score (nSPS) is 20.1. The molecule has 1 saturated heterocycles. The van der Waals surface area contributed by atoms with Gasteiger partial charge >= 0.3 is 6.03 Å². The molecule has 11 heteroatoms. The van der Waals surface area contributed by atoms with E-state index in [1.54, 1.807) is 13.1 Å². The molecule has 180 valence electrons.